The minimum Gasteiger partial charge on any atom is -0.381 e. The molecule has 0 bridgehead atoms. The predicted octanol–water partition coefficient (Wildman–Crippen LogP) is 2.07. The molecule has 3 aliphatic heterocycles. The van der Waals surface area contributed by atoms with Gasteiger partial charge in [-0.2, -0.15) is 0 Å². The van der Waals surface area contributed by atoms with E-state index >= 15 is 0 Å². The van der Waals surface area contributed by atoms with Gasteiger partial charge >= 0.3 is 0 Å². The van der Waals surface area contributed by atoms with Crippen molar-refractivity contribution in [3.63, 3.8) is 0 Å². The number of likely N-dealkylation sites (tertiary alicyclic amines) is 1. The molecule has 136 valence electrons. The van der Waals surface area contributed by atoms with Crippen LogP contribution in [0.2, 0.25) is 0 Å². The molecule has 1 aromatic carbocycles. The second-order valence-electron chi connectivity index (χ2n) is 7.43. The zero-order valence-electron chi connectivity index (χ0n) is 14.4. The highest BCUT2D eigenvalue weighted by molar-refractivity contribution is 5.75. The molecule has 3 fully saturated rings. The smallest absolute Gasteiger partial charge is 0.246 e. The molecule has 0 radical (unpaired) electrons. The van der Waals surface area contributed by atoms with E-state index in [1.807, 2.05) is 12.1 Å². The van der Waals surface area contributed by atoms with Gasteiger partial charge in [-0.1, -0.05) is 12.1 Å². The first-order chi connectivity index (χ1) is 12.2. The van der Waals surface area contributed by atoms with Crippen molar-refractivity contribution in [2.75, 3.05) is 39.5 Å². The van der Waals surface area contributed by atoms with Crippen molar-refractivity contribution in [1.82, 2.24) is 9.96 Å². The van der Waals surface area contributed by atoms with E-state index in [1.165, 1.54) is 17.2 Å². The summed E-state index contributed by atoms with van der Waals surface area (Å²) in [5.41, 5.74) is 1.12. The Kier molecular flexibility index (Phi) is 5.01. The number of hydrogen-bond acceptors (Lipinski definition) is 4. The van der Waals surface area contributed by atoms with Gasteiger partial charge < -0.3 is 4.74 Å². The maximum atomic E-state index is 13.1. The van der Waals surface area contributed by atoms with Crippen LogP contribution in [0, 0.1) is 23.6 Å². The molecule has 0 aliphatic carbocycles. The normalized spacial score (nSPS) is 29.8. The summed E-state index contributed by atoms with van der Waals surface area (Å²) in [6.07, 6.45) is 1.43. The Morgan fingerprint density at radius 3 is 2.80 bits per heavy atom. The summed E-state index contributed by atoms with van der Waals surface area (Å²) in [5.74, 6) is 1.11. The number of carbonyl (C=O) groups is 1. The van der Waals surface area contributed by atoms with Gasteiger partial charge in [0.2, 0.25) is 5.91 Å². The number of rotatable bonds is 4. The molecule has 3 saturated heterocycles. The molecule has 1 amide bonds. The van der Waals surface area contributed by atoms with Crippen LogP contribution in [-0.4, -0.2) is 55.3 Å². The minimum atomic E-state index is -0.199. The van der Waals surface area contributed by atoms with Gasteiger partial charge in [-0.15, -0.1) is 0 Å². The van der Waals surface area contributed by atoms with Gasteiger partial charge in [-0.3, -0.25) is 14.5 Å². The first-order valence-electron chi connectivity index (χ1n) is 9.17. The third kappa shape index (κ3) is 3.86. The van der Waals surface area contributed by atoms with Crippen molar-refractivity contribution in [3.05, 3.63) is 35.6 Å². The molecule has 0 N–H and O–H groups in total. The van der Waals surface area contributed by atoms with E-state index in [9.17, 15) is 9.18 Å². The molecule has 4 rings (SSSR count). The van der Waals surface area contributed by atoms with Crippen molar-refractivity contribution in [2.24, 2.45) is 17.8 Å². The van der Waals surface area contributed by atoms with Crippen LogP contribution in [0.25, 0.3) is 0 Å². The van der Waals surface area contributed by atoms with Gasteiger partial charge in [0.05, 0.1) is 26.4 Å². The van der Waals surface area contributed by atoms with Gasteiger partial charge in [0.15, 0.2) is 0 Å². The number of halogens is 1. The molecule has 3 aliphatic rings. The third-order valence-corrected chi connectivity index (χ3v) is 5.62. The topological polar surface area (TPSA) is 42.0 Å². The lowest BCUT2D eigenvalue weighted by atomic mass is 9.81. The van der Waals surface area contributed by atoms with E-state index in [-0.39, 0.29) is 17.6 Å². The number of carbonyl (C=O) groups excluding carboxylic acids is 1. The van der Waals surface area contributed by atoms with E-state index in [4.69, 9.17) is 9.57 Å². The van der Waals surface area contributed by atoms with Gasteiger partial charge in [0.25, 0.3) is 0 Å². The maximum Gasteiger partial charge on any atom is 0.246 e. The molecule has 0 spiro atoms. The first-order valence-corrected chi connectivity index (χ1v) is 9.17. The summed E-state index contributed by atoms with van der Waals surface area (Å²) in [6, 6.07) is 6.72. The second kappa shape index (κ2) is 7.40. The van der Waals surface area contributed by atoms with Crippen molar-refractivity contribution < 1.29 is 18.8 Å². The van der Waals surface area contributed by atoms with Gasteiger partial charge in [0, 0.05) is 26.1 Å². The van der Waals surface area contributed by atoms with Crippen LogP contribution in [0.3, 0.4) is 0 Å². The molecule has 6 heteroatoms. The molecule has 0 saturated carbocycles. The summed E-state index contributed by atoms with van der Waals surface area (Å²) in [5, 5.41) is 1.52. The van der Waals surface area contributed by atoms with E-state index < -0.39 is 0 Å². The van der Waals surface area contributed by atoms with Gasteiger partial charge in [-0.05, 0) is 41.9 Å². The lowest BCUT2D eigenvalue weighted by molar-refractivity contribution is -0.171. The van der Waals surface area contributed by atoms with Crippen LogP contribution in [0.4, 0.5) is 4.39 Å². The molecule has 3 atom stereocenters. The van der Waals surface area contributed by atoms with Crippen molar-refractivity contribution in [2.45, 2.75) is 19.4 Å². The second-order valence-corrected chi connectivity index (χ2v) is 7.43. The largest absolute Gasteiger partial charge is 0.381 e. The summed E-state index contributed by atoms with van der Waals surface area (Å²) >= 11 is 0. The zero-order chi connectivity index (χ0) is 17.2. The standard InChI is InChI=1S/C19H25FN2O3/c20-17-4-2-14(3-5-17)9-21-10-16-13-24-12-15(18(16)11-21)8-19(23)22-6-1-7-25-22/h2-5,15-16,18H,1,6-13H2/t15-,16-,18+/m1/s1. The van der Waals surface area contributed by atoms with E-state index in [0.717, 1.165) is 38.2 Å². The highest BCUT2D eigenvalue weighted by atomic mass is 19.1. The fourth-order valence-electron chi connectivity index (χ4n) is 4.35. The van der Waals surface area contributed by atoms with Gasteiger partial charge in [0.1, 0.15) is 5.82 Å². The molecule has 1 aromatic rings. The number of benzene rings is 1. The van der Waals surface area contributed by atoms with Crippen molar-refractivity contribution >= 4 is 5.91 Å². The summed E-state index contributed by atoms with van der Waals surface area (Å²) < 4.78 is 18.9. The fourth-order valence-corrected chi connectivity index (χ4v) is 4.35. The van der Waals surface area contributed by atoms with E-state index in [1.54, 1.807) is 0 Å². The van der Waals surface area contributed by atoms with Crippen LogP contribution in [0.15, 0.2) is 24.3 Å². The SMILES string of the molecule is O=C(C[C@@H]1COC[C@H]2CN(Cc3ccc(F)cc3)C[C@@H]12)N1CCCO1. The van der Waals surface area contributed by atoms with Crippen LogP contribution >= 0.6 is 0 Å². The Labute approximate surface area is 147 Å². The lowest BCUT2D eigenvalue weighted by Gasteiger charge is -2.33. The van der Waals surface area contributed by atoms with Crippen molar-refractivity contribution in [1.29, 1.82) is 0 Å². The number of amides is 1. The predicted molar refractivity (Wildman–Crippen MR) is 89.9 cm³/mol. The Balaban J connectivity index is 1.36. The molecule has 0 unspecified atom stereocenters. The number of nitrogens with zero attached hydrogens (tertiary/aromatic N) is 2. The summed E-state index contributed by atoms with van der Waals surface area (Å²) in [7, 11) is 0. The number of hydrogen-bond donors (Lipinski definition) is 0. The quantitative estimate of drug-likeness (QED) is 0.835. The third-order valence-electron chi connectivity index (χ3n) is 5.62. The molecular weight excluding hydrogens is 323 g/mol. The Morgan fingerprint density at radius 2 is 2.04 bits per heavy atom. The van der Waals surface area contributed by atoms with Crippen LogP contribution in [0.5, 0.6) is 0 Å². The summed E-state index contributed by atoms with van der Waals surface area (Å²) in [4.78, 5) is 20.2. The molecule has 25 heavy (non-hydrogen) atoms. The molecule has 0 aromatic heterocycles. The molecular formula is C19H25FN2O3. The Hall–Kier alpha value is -1.50. The van der Waals surface area contributed by atoms with Crippen LogP contribution < -0.4 is 0 Å². The minimum absolute atomic E-state index is 0.0868. The van der Waals surface area contributed by atoms with E-state index in [0.29, 0.717) is 38.0 Å². The highest BCUT2D eigenvalue weighted by Crippen LogP contribution is 2.36. The number of ether oxygens (including phenoxy) is 1. The zero-order valence-corrected chi connectivity index (χ0v) is 14.4. The monoisotopic (exact) mass is 348 g/mol. The van der Waals surface area contributed by atoms with Crippen molar-refractivity contribution in [3.8, 4) is 0 Å². The summed E-state index contributed by atoms with van der Waals surface area (Å²) in [6.45, 7) is 5.56. The first kappa shape index (κ1) is 16.9. The lowest BCUT2D eigenvalue weighted by Crippen LogP contribution is -2.38. The molecule has 5 nitrogen and oxygen atoms in total. The Bertz CT molecular complexity index is 603. The van der Waals surface area contributed by atoms with Crippen LogP contribution in [0.1, 0.15) is 18.4 Å². The fraction of sp³-hybridized carbons (Fsp3) is 0.632. The van der Waals surface area contributed by atoms with E-state index in [2.05, 4.69) is 4.90 Å². The average molecular weight is 348 g/mol. The maximum absolute atomic E-state index is 13.1. The van der Waals surface area contributed by atoms with Crippen LogP contribution in [-0.2, 0) is 20.9 Å². The number of hydroxylamine groups is 2. The Morgan fingerprint density at radius 1 is 1.20 bits per heavy atom. The number of fused-ring (bicyclic) bond motifs is 1. The van der Waals surface area contributed by atoms with Gasteiger partial charge in [-0.25, -0.2) is 9.45 Å². The molecule has 3 heterocycles. The average Bonchev–Trinajstić information content (AvgIpc) is 3.27. The highest BCUT2D eigenvalue weighted by Gasteiger charge is 2.42.